The summed E-state index contributed by atoms with van der Waals surface area (Å²) in [6.07, 6.45) is 3.10. The molecule has 1 aromatic carbocycles. The van der Waals surface area contributed by atoms with Crippen molar-refractivity contribution in [1.29, 1.82) is 0 Å². The van der Waals surface area contributed by atoms with Crippen molar-refractivity contribution in [1.82, 2.24) is 14.8 Å². The van der Waals surface area contributed by atoms with Gasteiger partial charge in [0.2, 0.25) is 11.8 Å². The molecule has 138 valence electrons. The molecule has 0 saturated carbocycles. The van der Waals surface area contributed by atoms with Crippen molar-refractivity contribution in [3.63, 3.8) is 0 Å². The van der Waals surface area contributed by atoms with Crippen LogP contribution in [0.1, 0.15) is 25.7 Å². The smallest absolute Gasteiger partial charge is 0.223 e. The summed E-state index contributed by atoms with van der Waals surface area (Å²) in [7, 11) is 0. The predicted molar refractivity (Wildman–Crippen MR) is 93.7 cm³/mol. The summed E-state index contributed by atoms with van der Waals surface area (Å²) in [5.41, 5.74) is 0.744. The molecule has 1 aliphatic heterocycles. The molecule has 2 heterocycles. The van der Waals surface area contributed by atoms with Gasteiger partial charge in [0.1, 0.15) is 5.82 Å². The molecule has 7 heteroatoms. The Morgan fingerprint density at radius 2 is 1.81 bits per heavy atom. The lowest BCUT2D eigenvalue weighted by Crippen LogP contribution is -2.36. The van der Waals surface area contributed by atoms with Gasteiger partial charge >= 0.3 is 0 Å². The van der Waals surface area contributed by atoms with Crippen LogP contribution in [0.4, 0.5) is 4.39 Å². The van der Waals surface area contributed by atoms with Crippen LogP contribution in [0.5, 0.6) is 0 Å². The summed E-state index contributed by atoms with van der Waals surface area (Å²) in [4.78, 5) is 31.7. The van der Waals surface area contributed by atoms with E-state index in [0.717, 1.165) is 12.0 Å². The van der Waals surface area contributed by atoms with Crippen LogP contribution in [0.3, 0.4) is 0 Å². The largest absolute Gasteiger partial charge is 0.441 e. The molecular weight excluding hydrogens is 337 g/mol. The number of carbonyl (C=O) groups excluding carboxylic acids is 2. The molecule has 6 nitrogen and oxygen atoms in total. The maximum Gasteiger partial charge on any atom is 0.223 e. The molecule has 2 amide bonds. The van der Waals surface area contributed by atoms with E-state index in [-0.39, 0.29) is 17.6 Å². The third kappa shape index (κ3) is 4.47. The number of halogens is 1. The highest BCUT2D eigenvalue weighted by Crippen LogP contribution is 2.21. The lowest BCUT2D eigenvalue weighted by atomic mass is 10.2. The van der Waals surface area contributed by atoms with Crippen LogP contribution < -0.4 is 0 Å². The van der Waals surface area contributed by atoms with Crippen molar-refractivity contribution < 1.29 is 18.4 Å². The summed E-state index contributed by atoms with van der Waals surface area (Å²) in [6, 6.07) is 5.99. The second-order valence-electron chi connectivity index (χ2n) is 6.37. The van der Waals surface area contributed by atoms with Crippen LogP contribution in [0.15, 0.2) is 34.9 Å². The van der Waals surface area contributed by atoms with E-state index in [1.165, 1.54) is 12.1 Å². The molecule has 1 fully saturated rings. The number of hydrogen-bond acceptors (Lipinski definition) is 4. The summed E-state index contributed by atoms with van der Waals surface area (Å²) >= 11 is 0. The van der Waals surface area contributed by atoms with Gasteiger partial charge in [-0.3, -0.25) is 9.59 Å². The Morgan fingerprint density at radius 3 is 2.54 bits per heavy atom. The number of nitrogens with zero attached hydrogens (tertiary/aromatic N) is 3. The normalized spacial score (nSPS) is 15.0. The van der Waals surface area contributed by atoms with E-state index >= 15 is 0 Å². The molecule has 0 unspecified atom stereocenters. The highest BCUT2D eigenvalue weighted by molar-refractivity contribution is 5.77. The number of oxazole rings is 1. The standard InChI is InChI=1S/C19H22FN3O3/c1-14(24)22-9-2-10-23(12-11-22)19(25)8-7-18-21-13-17(26-18)15-3-5-16(20)6-4-15/h3-6,13H,2,7-12H2,1H3. The van der Waals surface area contributed by atoms with E-state index < -0.39 is 0 Å². The molecule has 0 N–H and O–H groups in total. The van der Waals surface area contributed by atoms with Crippen LogP contribution in [0.25, 0.3) is 11.3 Å². The van der Waals surface area contributed by atoms with Gasteiger partial charge in [-0.15, -0.1) is 0 Å². The highest BCUT2D eigenvalue weighted by atomic mass is 19.1. The van der Waals surface area contributed by atoms with Crippen molar-refractivity contribution >= 4 is 11.8 Å². The van der Waals surface area contributed by atoms with Gasteiger partial charge in [-0.25, -0.2) is 9.37 Å². The highest BCUT2D eigenvalue weighted by Gasteiger charge is 2.20. The Morgan fingerprint density at radius 1 is 1.12 bits per heavy atom. The maximum atomic E-state index is 13.0. The lowest BCUT2D eigenvalue weighted by molar-refractivity contribution is -0.132. The maximum absolute atomic E-state index is 13.0. The van der Waals surface area contributed by atoms with Gasteiger partial charge in [-0.05, 0) is 30.7 Å². The number of benzene rings is 1. The van der Waals surface area contributed by atoms with Crippen LogP contribution in [0, 0.1) is 5.82 Å². The van der Waals surface area contributed by atoms with Gasteiger partial charge in [-0.2, -0.15) is 0 Å². The number of carbonyl (C=O) groups is 2. The Hall–Kier alpha value is -2.70. The van der Waals surface area contributed by atoms with E-state index in [2.05, 4.69) is 4.98 Å². The van der Waals surface area contributed by atoms with Gasteiger partial charge in [0.25, 0.3) is 0 Å². The molecule has 2 aromatic rings. The molecule has 1 saturated heterocycles. The zero-order valence-corrected chi connectivity index (χ0v) is 14.8. The zero-order chi connectivity index (χ0) is 18.5. The Kier molecular flexibility index (Phi) is 5.65. The SMILES string of the molecule is CC(=O)N1CCCN(C(=O)CCc2ncc(-c3ccc(F)cc3)o2)CC1. The average molecular weight is 359 g/mol. The Labute approximate surface area is 151 Å². The van der Waals surface area contributed by atoms with Gasteiger partial charge in [0.15, 0.2) is 11.7 Å². The summed E-state index contributed by atoms with van der Waals surface area (Å²) in [6.45, 7) is 4.05. The molecular formula is C19H22FN3O3. The van der Waals surface area contributed by atoms with Gasteiger partial charge in [0, 0.05) is 51.5 Å². The summed E-state index contributed by atoms with van der Waals surface area (Å²) < 4.78 is 18.6. The van der Waals surface area contributed by atoms with Gasteiger partial charge < -0.3 is 14.2 Å². The summed E-state index contributed by atoms with van der Waals surface area (Å²) in [5.74, 6) is 0.821. The van der Waals surface area contributed by atoms with Crippen molar-refractivity contribution in [2.75, 3.05) is 26.2 Å². The minimum atomic E-state index is -0.306. The molecule has 26 heavy (non-hydrogen) atoms. The van der Waals surface area contributed by atoms with Crippen molar-refractivity contribution in [2.24, 2.45) is 0 Å². The topological polar surface area (TPSA) is 66.7 Å². The average Bonchev–Trinajstić information content (AvgIpc) is 2.95. The fraction of sp³-hybridized carbons (Fsp3) is 0.421. The third-order valence-electron chi connectivity index (χ3n) is 4.53. The van der Waals surface area contributed by atoms with Crippen molar-refractivity contribution in [2.45, 2.75) is 26.2 Å². The molecule has 1 aromatic heterocycles. The molecule has 3 rings (SSSR count). The molecule has 0 spiro atoms. The first-order chi connectivity index (χ1) is 12.5. The van der Waals surface area contributed by atoms with E-state index in [9.17, 15) is 14.0 Å². The lowest BCUT2D eigenvalue weighted by Gasteiger charge is -2.21. The predicted octanol–water partition coefficient (Wildman–Crippen LogP) is 2.49. The Balaban J connectivity index is 1.53. The van der Waals surface area contributed by atoms with Gasteiger partial charge in [0.05, 0.1) is 6.20 Å². The number of hydrogen-bond donors (Lipinski definition) is 0. The van der Waals surface area contributed by atoms with Crippen molar-refractivity contribution in [3.05, 3.63) is 42.2 Å². The first-order valence-corrected chi connectivity index (χ1v) is 8.77. The molecule has 0 aliphatic carbocycles. The minimum Gasteiger partial charge on any atom is -0.441 e. The quantitative estimate of drug-likeness (QED) is 0.841. The Bertz CT molecular complexity index is 773. The van der Waals surface area contributed by atoms with Crippen LogP contribution in [0.2, 0.25) is 0 Å². The van der Waals surface area contributed by atoms with Crippen LogP contribution >= 0.6 is 0 Å². The fourth-order valence-corrected chi connectivity index (χ4v) is 3.03. The van der Waals surface area contributed by atoms with Crippen molar-refractivity contribution in [3.8, 4) is 11.3 Å². The second-order valence-corrected chi connectivity index (χ2v) is 6.37. The number of rotatable bonds is 4. The van der Waals surface area contributed by atoms with E-state index in [1.807, 2.05) is 0 Å². The van der Waals surface area contributed by atoms with E-state index in [4.69, 9.17) is 4.42 Å². The third-order valence-corrected chi connectivity index (χ3v) is 4.53. The fourth-order valence-electron chi connectivity index (χ4n) is 3.03. The number of aromatic nitrogens is 1. The van der Waals surface area contributed by atoms with E-state index in [1.54, 1.807) is 35.1 Å². The molecule has 0 radical (unpaired) electrons. The first kappa shape index (κ1) is 18.1. The second kappa shape index (κ2) is 8.12. The molecule has 1 aliphatic rings. The van der Waals surface area contributed by atoms with Gasteiger partial charge in [-0.1, -0.05) is 0 Å². The monoisotopic (exact) mass is 359 g/mol. The number of aryl methyl sites for hydroxylation is 1. The summed E-state index contributed by atoms with van der Waals surface area (Å²) in [5, 5.41) is 0. The first-order valence-electron chi connectivity index (χ1n) is 8.77. The van der Waals surface area contributed by atoms with E-state index in [0.29, 0.717) is 50.7 Å². The minimum absolute atomic E-state index is 0.0388. The number of amides is 2. The molecule has 0 bridgehead atoms. The van der Waals surface area contributed by atoms with Crippen LogP contribution in [-0.4, -0.2) is 52.8 Å². The van der Waals surface area contributed by atoms with Crippen LogP contribution in [-0.2, 0) is 16.0 Å². The molecule has 0 atom stereocenters. The zero-order valence-electron chi connectivity index (χ0n) is 14.8.